The molecule has 0 N–H and O–H groups in total. The summed E-state index contributed by atoms with van der Waals surface area (Å²) >= 11 is 0. The summed E-state index contributed by atoms with van der Waals surface area (Å²) in [6, 6.07) is 11.8. The molecule has 1 amide bonds. The van der Waals surface area contributed by atoms with Crippen LogP contribution in [-0.2, 0) is 9.47 Å². The third kappa shape index (κ3) is 7.17. The summed E-state index contributed by atoms with van der Waals surface area (Å²) in [5.41, 5.74) is 10.1. The van der Waals surface area contributed by atoms with Gasteiger partial charge in [0.15, 0.2) is 0 Å². The fraction of sp³-hybridized carbons (Fsp3) is 0.382. The summed E-state index contributed by atoms with van der Waals surface area (Å²) < 4.78 is 11.2. The van der Waals surface area contributed by atoms with Crippen LogP contribution in [-0.4, -0.2) is 49.0 Å². The lowest BCUT2D eigenvalue weighted by molar-refractivity contribution is 0.0360. The molecule has 212 valence electrons. The summed E-state index contributed by atoms with van der Waals surface area (Å²) in [7, 11) is 0. The van der Waals surface area contributed by atoms with Crippen LogP contribution in [0.15, 0.2) is 36.4 Å². The second-order valence-electron chi connectivity index (χ2n) is 10.9. The Hall–Kier alpha value is -3.93. The minimum absolute atomic E-state index is 0.0193. The van der Waals surface area contributed by atoms with Gasteiger partial charge in [0.2, 0.25) is 0 Å². The largest absolute Gasteiger partial charge is 0.460 e. The standard InChI is InChI=1S/C34H41NO5/c1-20-14-23(4)29(24(5)15-20)32(36)35(10-12-39-33(37)30-25(6)16-21(2)17-26(30)7)11-13-40-34(38)31-27(8)18-22(3)19-28(31)9/h14-19H,10-13H2,1-9H3. The molecule has 0 saturated carbocycles. The van der Waals surface area contributed by atoms with E-state index in [9.17, 15) is 14.4 Å². The Morgan fingerprint density at radius 1 is 0.500 bits per heavy atom. The number of esters is 2. The first-order valence-corrected chi connectivity index (χ1v) is 13.7. The molecule has 0 heterocycles. The van der Waals surface area contributed by atoms with E-state index in [1.165, 1.54) is 0 Å². The number of carbonyl (C=O) groups excluding carboxylic acids is 3. The van der Waals surface area contributed by atoms with Crippen molar-refractivity contribution in [2.45, 2.75) is 62.3 Å². The molecule has 0 bridgehead atoms. The van der Waals surface area contributed by atoms with E-state index >= 15 is 0 Å². The Balaban J connectivity index is 1.76. The maximum absolute atomic E-state index is 13.7. The number of carbonyl (C=O) groups is 3. The van der Waals surface area contributed by atoms with Crippen molar-refractivity contribution in [3.8, 4) is 0 Å². The van der Waals surface area contributed by atoms with Crippen LogP contribution in [0.2, 0.25) is 0 Å². The number of aryl methyl sites for hydroxylation is 9. The van der Waals surface area contributed by atoms with Gasteiger partial charge in [-0.25, -0.2) is 9.59 Å². The number of hydrogen-bond acceptors (Lipinski definition) is 5. The Kier molecular flexibility index (Phi) is 9.91. The molecule has 0 unspecified atom stereocenters. The van der Waals surface area contributed by atoms with Gasteiger partial charge in [-0.2, -0.15) is 0 Å². The lowest BCUT2D eigenvalue weighted by Gasteiger charge is -2.25. The summed E-state index contributed by atoms with van der Waals surface area (Å²) in [4.78, 5) is 41.2. The van der Waals surface area contributed by atoms with Crippen LogP contribution in [0.1, 0.15) is 81.1 Å². The van der Waals surface area contributed by atoms with Gasteiger partial charge >= 0.3 is 11.9 Å². The van der Waals surface area contributed by atoms with Gasteiger partial charge in [-0.1, -0.05) is 53.1 Å². The first kappa shape index (κ1) is 30.6. The monoisotopic (exact) mass is 543 g/mol. The van der Waals surface area contributed by atoms with Gasteiger partial charge < -0.3 is 14.4 Å². The minimum atomic E-state index is -0.415. The van der Waals surface area contributed by atoms with Crippen molar-refractivity contribution in [2.75, 3.05) is 26.3 Å². The Bertz CT molecular complexity index is 1310. The average Bonchev–Trinajstić information content (AvgIpc) is 2.81. The van der Waals surface area contributed by atoms with Crippen molar-refractivity contribution in [2.24, 2.45) is 0 Å². The Morgan fingerprint density at radius 3 is 1.07 bits per heavy atom. The molecule has 0 atom stereocenters. The quantitative estimate of drug-likeness (QED) is 0.284. The summed E-state index contributed by atoms with van der Waals surface area (Å²) in [6.45, 7) is 17.7. The molecule has 40 heavy (non-hydrogen) atoms. The molecule has 0 radical (unpaired) electrons. The number of ether oxygens (including phenoxy) is 2. The zero-order valence-corrected chi connectivity index (χ0v) is 25.3. The molecule has 0 fully saturated rings. The number of hydrogen-bond donors (Lipinski definition) is 0. The molecule has 0 aliphatic carbocycles. The highest BCUT2D eigenvalue weighted by Crippen LogP contribution is 2.21. The van der Waals surface area contributed by atoms with Gasteiger partial charge in [-0.15, -0.1) is 0 Å². The van der Waals surface area contributed by atoms with E-state index in [4.69, 9.17) is 9.47 Å². The smallest absolute Gasteiger partial charge is 0.338 e. The molecule has 0 aliphatic heterocycles. The van der Waals surface area contributed by atoms with E-state index in [-0.39, 0.29) is 32.2 Å². The molecule has 0 saturated heterocycles. The molecule has 0 aliphatic rings. The van der Waals surface area contributed by atoms with Gasteiger partial charge in [0.25, 0.3) is 5.91 Å². The lowest BCUT2D eigenvalue weighted by Crippen LogP contribution is -2.38. The van der Waals surface area contributed by atoms with Gasteiger partial charge in [-0.3, -0.25) is 4.79 Å². The minimum Gasteiger partial charge on any atom is -0.460 e. The summed E-state index contributed by atoms with van der Waals surface area (Å²) in [6.07, 6.45) is 0. The molecule has 3 aromatic carbocycles. The molecule has 0 aromatic heterocycles. The number of rotatable bonds is 9. The third-order valence-corrected chi connectivity index (χ3v) is 7.13. The van der Waals surface area contributed by atoms with Crippen molar-refractivity contribution in [1.82, 2.24) is 4.90 Å². The van der Waals surface area contributed by atoms with E-state index in [0.717, 1.165) is 50.1 Å². The van der Waals surface area contributed by atoms with Crippen LogP contribution >= 0.6 is 0 Å². The fourth-order valence-corrected chi connectivity index (χ4v) is 5.64. The van der Waals surface area contributed by atoms with Crippen LogP contribution in [0.25, 0.3) is 0 Å². The van der Waals surface area contributed by atoms with Gasteiger partial charge in [-0.05, 0) is 95.7 Å². The maximum atomic E-state index is 13.7. The molecule has 0 spiro atoms. The van der Waals surface area contributed by atoms with E-state index in [1.807, 2.05) is 98.7 Å². The van der Waals surface area contributed by atoms with E-state index in [0.29, 0.717) is 16.7 Å². The van der Waals surface area contributed by atoms with Crippen LogP contribution in [0.3, 0.4) is 0 Å². The van der Waals surface area contributed by atoms with Crippen molar-refractivity contribution in [3.63, 3.8) is 0 Å². The molecule has 3 rings (SSSR count). The second kappa shape index (κ2) is 12.9. The van der Waals surface area contributed by atoms with Crippen molar-refractivity contribution in [1.29, 1.82) is 0 Å². The van der Waals surface area contributed by atoms with Gasteiger partial charge in [0.05, 0.1) is 24.2 Å². The average molecular weight is 544 g/mol. The van der Waals surface area contributed by atoms with Crippen LogP contribution in [0.4, 0.5) is 0 Å². The van der Waals surface area contributed by atoms with Crippen molar-refractivity contribution in [3.05, 3.63) is 103 Å². The first-order chi connectivity index (χ1) is 18.8. The zero-order chi connectivity index (χ0) is 29.7. The van der Waals surface area contributed by atoms with E-state index in [2.05, 4.69) is 0 Å². The number of nitrogens with zero attached hydrogens (tertiary/aromatic N) is 1. The highest BCUT2D eigenvalue weighted by molar-refractivity contribution is 5.97. The van der Waals surface area contributed by atoms with Crippen molar-refractivity contribution >= 4 is 17.8 Å². The zero-order valence-electron chi connectivity index (χ0n) is 25.3. The summed E-state index contributed by atoms with van der Waals surface area (Å²) in [5, 5.41) is 0. The molecular formula is C34H41NO5. The van der Waals surface area contributed by atoms with E-state index < -0.39 is 11.9 Å². The van der Waals surface area contributed by atoms with Gasteiger partial charge in [0, 0.05) is 5.56 Å². The predicted octanol–water partition coefficient (Wildman–Crippen LogP) is 6.62. The molecule has 6 heteroatoms. The van der Waals surface area contributed by atoms with Crippen LogP contribution < -0.4 is 0 Å². The predicted molar refractivity (Wildman–Crippen MR) is 158 cm³/mol. The Morgan fingerprint density at radius 2 is 0.775 bits per heavy atom. The third-order valence-electron chi connectivity index (χ3n) is 7.13. The second-order valence-corrected chi connectivity index (χ2v) is 10.9. The first-order valence-electron chi connectivity index (χ1n) is 13.7. The molecule has 6 nitrogen and oxygen atoms in total. The molecular weight excluding hydrogens is 502 g/mol. The highest BCUT2D eigenvalue weighted by atomic mass is 16.5. The number of amides is 1. The van der Waals surface area contributed by atoms with E-state index in [1.54, 1.807) is 4.90 Å². The topological polar surface area (TPSA) is 72.9 Å². The fourth-order valence-electron chi connectivity index (χ4n) is 5.64. The summed E-state index contributed by atoms with van der Waals surface area (Å²) in [5.74, 6) is -1.02. The number of benzene rings is 3. The normalized spacial score (nSPS) is 10.8. The van der Waals surface area contributed by atoms with Gasteiger partial charge in [0.1, 0.15) is 13.2 Å². The maximum Gasteiger partial charge on any atom is 0.338 e. The van der Waals surface area contributed by atoms with Crippen LogP contribution in [0.5, 0.6) is 0 Å². The van der Waals surface area contributed by atoms with Crippen LogP contribution in [0, 0.1) is 62.3 Å². The molecule has 3 aromatic rings. The lowest BCUT2D eigenvalue weighted by atomic mass is 9.98. The van der Waals surface area contributed by atoms with Crippen molar-refractivity contribution < 1.29 is 23.9 Å². The Labute approximate surface area is 238 Å². The highest BCUT2D eigenvalue weighted by Gasteiger charge is 2.22. The SMILES string of the molecule is Cc1cc(C)c(C(=O)OCCN(CCOC(=O)c2c(C)cc(C)cc2C)C(=O)c2c(C)cc(C)cc2C)c(C)c1.